The lowest BCUT2D eigenvalue weighted by atomic mass is 10.2. The van der Waals surface area contributed by atoms with E-state index in [1.807, 2.05) is 23.6 Å². The standard InChI is InChI=1S/C8H7NS/c1-7(6-9)5-8-3-2-4-10-8/h2-4H,1,5H2. The highest BCUT2D eigenvalue weighted by atomic mass is 32.1. The van der Waals surface area contributed by atoms with Crippen molar-refractivity contribution in [3.8, 4) is 6.07 Å². The number of nitrogens with zero attached hydrogens (tertiary/aromatic N) is 1. The van der Waals surface area contributed by atoms with Gasteiger partial charge in [0.05, 0.1) is 6.07 Å². The number of rotatable bonds is 2. The van der Waals surface area contributed by atoms with Crippen molar-refractivity contribution in [2.75, 3.05) is 0 Å². The molecular formula is C8H7NS. The zero-order valence-electron chi connectivity index (χ0n) is 5.50. The molecule has 0 radical (unpaired) electrons. The smallest absolute Gasteiger partial charge is 0.0944 e. The second kappa shape index (κ2) is 3.19. The summed E-state index contributed by atoms with van der Waals surface area (Å²) in [5, 5.41) is 10.4. The van der Waals surface area contributed by atoms with Crippen LogP contribution in [0.25, 0.3) is 0 Å². The van der Waals surface area contributed by atoms with Crippen LogP contribution in [0.3, 0.4) is 0 Å². The monoisotopic (exact) mass is 149 g/mol. The molecule has 1 aromatic heterocycles. The van der Waals surface area contributed by atoms with E-state index in [-0.39, 0.29) is 0 Å². The minimum atomic E-state index is 0.627. The van der Waals surface area contributed by atoms with E-state index in [0.29, 0.717) is 12.0 Å². The van der Waals surface area contributed by atoms with Gasteiger partial charge in [-0.25, -0.2) is 0 Å². The molecule has 1 aromatic rings. The Morgan fingerprint density at radius 1 is 1.80 bits per heavy atom. The Bertz CT molecular complexity index is 253. The Hall–Kier alpha value is -1.07. The summed E-state index contributed by atoms with van der Waals surface area (Å²) in [6, 6.07) is 6.00. The maximum Gasteiger partial charge on any atom is 0.0944 e. The van der Waals surface area contributed by atoms with Gasteiger partial charge in [0.15, 0.2) is 0 Å². The van der Waals surface area contributed by atoms with Gasteiger partial charge in [-0.05, 0) is 11.4 Å². The fourth-order valence-corrected chi connectivity index (χ4v) is 1.41. The highest BCUT2D eigenvalue weighted by molar-refractivity contribution is 7.09. The van der Waals surface area contributed by atoms with Crippen molar-refractivity contribution in [2.45, 2.75) is 6.42 Å². The molecule has 0 spiro atoms. The summed E-state index contributed by atoms with van der Waals surface area (Å²) < 4.78 is 0. The highest BCUT2D eigenvalue weighted by Gasteiger charge is 1.94. The van der Waals surface area contributed by atoms with Crippen LogP contribution in [-0.4, -0.2) is 0 Å². The molecule has 0 aliphatic carbocycles. The first-order valence-electron chi connectivity index (χ1n) is 2.93. The lowest BCUT2D eigenvalue weighted by Gasteiger charge is -1.89. The molecule has 1 nitrogen and oxygen atoms in total. The zero-order valence-corrected chi connectivity index (χ0v) is 6.32. The van der Waals surface area contributed by atoms with Gasteiger partial charge in [0.1, 0.15) is 0 Å². The summed E-state index contributed by atoms with van der Waals surface area (Å²) >= 11 is 1.65. The fraction of sp³-hybridized carbons (Fsp3) is 0.125. The van der Waals surface area contributed by atoms with Gasteiger partial charge < -0.3 is 0 Å². The molecule has 0 atom stereocenters. The van der Waals surface area contributed by atoms with Crippen molar-refractivity contribution in [1.29, 1.82) is 5.26 Å². The van der Waals surface area contributed by atoms with Crippen LogP contribution in [0.2, 0.25) is 0 Å². The van der Waals surface area contributed by atoms with E-state index in [9.17, 15) is 0 Å². The topological polar surface area (TPSA) is 23.8 Å². The third kappa shape index (κ3) is 1.71. The van der Waals surface area contributed by atoms with Crippen LogP contribution in [0.4, 0.5) is 0 Å². The Kier molecular flexibility index (Phi) is 2.24. The van der Waals surface area contributed by atoms with Crippen LogP contribution in [0.1, 0.15) is 4.88 Å². The molecule has 1 rings (SSSR count). The van der Waals surface area contributed by atoms with E-state index in [4.69, 9.17) is 5.26 Å². The second-order valence-electron chi connectivity index (χ2n) is 1.97. The van der Waals surface area contributed by atoms with Crippen molar-refractivity contribution in [3.05, 3.63) is 34.5 Å². The molecule has 0 bridgehead atoms. The summed E-state index contributed by atoms with van der Waals surface area (Å²) in [6.45, 7) is 3.59. The minimum absolute atomic E-state index is 0.627. The third-order valence-corrected chi connectivity index (χ3v) is 2.00. The first-order chi connectivity index (χ1) is 4.83. The van der Waals surface area contributed by atoms with Crippen molar-refractivity contribution in [1.82, 2.24) is 0 Å². The Balaban J connectivity index is 2.59. The molecule has 1 heterocycles. The first-order valence-corrected chi connectivity index (χ1v) is 3.81. The van der Waals surface area contributed by atoms with Crippen LogP contribution < -0.4 is 0 Å². The number of hydrogen-bond acceptors (Lipinski definition) is 2. The largest absolute Gasteiger partial charge is 0.193 e. The normalized spacial score (nSPS) is 8.70. The van der Waals surface area contributed by atoms with Gasteiger partial charge in [0.25, 0.3) is 0 Å². The molecule has 0 aliphatic rings. The molecule has 0 saturated heterocycles. The van der Waals surface area contributed by atoms with E-state index in [2.05, 4.69) is 6.58 Å². The van der Waals surface area contributed by atoms with Crippen LogP contribution in [-0.2, 0) is 6.42 Å². The van der Waals surface area contributed by atoms with E-state index in [1.165, 1.54) is 4.88 Å². The van der Waals surface area contributed by atoms with Gasteiger partial charge in [0, 0.05) is 16.9 Å². The molecule has 0 amide bonds. The number of allylic oxidation sites excluding steroid dienone is 1. The predicted octanol–water partition coefficient (Wildman–Crippen LogP) is 2.37. The molecule has 0 N–H and O–H groups in total. The summed E-state index contributed by atoms with van der Waals surface area (Å²) in [6.07, 6.45) is 0.703. The average molecular weight is 149 g/mol. The van der Waals surface area contributed by atoms with E-state index in [0.717, 1.165) is 0 Å². The quantitative estimate of drug-likeness (QED) is 0.592. The van der Waals surface area contributed by atoms with Gasteiger partial charge in [-0.3, -0.25) is 0 Å². The van der Waals surface area contributed by atoms with Gasteiger partial charge in [-0.15, -0.1) is 11.3 Å². The molecule has 10 heavy (non-hydrogen) atoms. The van der Waals surface area contributed by atoms with E-state index >= 15 is 0 Å². The Morgan fingerprint density at radius 2 is 2.60 bits per heavy atom. The van der Waals surface area contributed by atoms with Crippen molar-refractivity contribution < 1.29 is 0 Å². The lowest BCUT2D eigenvalue weighted by Crippen LogP contribution is -1.79. The summed E-state index contributed by atoms with van der Waals surface area (Å²) in [5.41, 5.74) is 0.627. The Morgan fingerprint density at radius 3 is 3.10 bits per heavy atom. The molecule has 0 aromatic carbocycles. The molecule has 0 saturated carbocycles. The highest BCUT2D eigenvalue weighted by Crippen LogP contribution is 2.12. The van der Waals surface area contributed by atoms with Gasteiger partial charge in [-0.2, -0.15) is 5.26 Å². The molecule has 2 heteroatoms. The lowest BCUT2D eigenvalue weighted by molar-refractivity contribution is 1.26. The third-order valence-electron chi connectivity index (χ3n) is 1.13. The van der Waals surface area contributed by atoms with Gasteiger partial charge in [0.2, 0.25) is 0 Å². The summed E-state index contributed by atoms with van der Waals surface area (Å²) in [5.74, 6) is 0. The van der Waals surface area contributed by atoms with Gasteiger partial charge in [-0.1, -0.05) is 12.6 Å². The molecule has 0 aliphatic heterocycles. The zero-order chi connectivity index (χ0) is 7.40. The van der Waals surface area contributed by atoms with Crippen LogP contribution in [0, 0.1) is 11.3 Å². The first kappa shape index (κ1) is 7.04. The maximum atomic E-state index is 8.39. The molecule has 50 valence electrons. The minimum Gasteiger partial charge on any atom is -0.193 e. The van der Waals surface area contributed by atoms with Gasteiger partial charge >= 0.3 is 0 Å². The molecule has 0 fully saturated rings. The van der Waals surface area contributed by atoms with Crippen LogP contribution >= 0.6 is 11.3 Å². The Labute approximate surface area is 64.2 Å². The summed E-state index contributed by atoms with van der Waals surface area (Å²) in [7, 11) is 0. The van der Waals surface area contributed by atoms with E-state index in [1.54, 1.807) is 11.3 Å². The van der Waals surface area contributed by atoms with Crippen molar-refractivity contribution in [2.24, 2.45) is 0 Å². The summed E-state index contributed by atoms with van der Waals surface area (Å²) in [4.78, 5) is 1.20. The van der Waals surface area contributed by atoms with Crippen molar-refractivity contribution in [3.63, 3.8) is 0 Å². The fourth-order valence-electron chi connectivity index (χ4n) is 0.663. The number of hydrogen-bond donors (Lipinski definition) is 0. The molecule has 0 unspecified atom stereocenters. The number of thiophene rings is 1. The molecular weight excluding hydrogens is 142 g/mol. The number of nitriles is 1. The second-order valence-corrected chi connectivity index (χ2v) is 3.00. The van der Waals surface area contributed by atoms with Crippen LogP contribution in [0.15, 0.2) is 29.7 Å². The maximum absolute atomic E-state index is 8.39. The predicted molar refractivity (Wildman–Crippen MR) is 42.8 cm³/mol. The van der Waals surface area contributed by atoms with Crippen molar-refractivity contribution >= 4 is 11.3 Å². The van der Waals surface area contributed by atoms with Crippen LogP contribution in [0.5, 0.6) is 0 Å². The van der Waals surface area contributed by atoms with E-state index < -0.39 is 0 Å². The SMILES string of the molecule is C=C(C#N)Cc1cccs1. The average Bonchev–Trinajstić information content (AvgIpc) is 2.40.